The Bertz CT molecular complexity index is 259. The first-order valence-corrected chi connectivity index (χ1v) is 4.37. The van der Waals surface area contributed by atoms with Gasteiger partial charge < -0.3 is 0 Å². The average Bonchev–Trinajstić information content (AvgIpc) is 2.87. The Morgan fingerprint density at radius 2 is 1.83 bits per heavy atom. The van der Waals surface area contributed by atoms with Crippen LogP contribution in [0.4, 0.5) is 4.39 Å². The molecule has 1 aliphatic carbocycles. The van der Waals surface area contributed by atoms with Gasteiger partial charge in [0, 0.05) is 43.0 Å². The molecule has 0 aliphatic heterocycles. The van der Waals surface area contributed by atoms with E-state index in [-0.39, 0.29) is 5.82 Å². The molecule has 62 valence electrons. The van der Waals surface area contributed by atoms with Gasteiger partial charge in [-0.25, -0.2) is 4.39 Å². The van der Waals surface area contributed by atoms with Crippen molar-refractivity contribution in [2.75, 3.05) is 0 Å². The van der Waals surface area contributed by atoms with E-state index in [0.717, 1.165) is 5.92 Å². The predicted molar refractivity (Wildman–Crippen MR) is 47.1 cm³/mol. The van der Waals surface area contributed by atoms with Crippen LogP contribution in [-0.2, 0) is 0 Å². The highest BCUT2D eigenvalue weighted by Gasteiger charge is 2.34. The maximum absolute atomic E-state index is 12.6. The molecule has 1 heteroatoms. The fourth-order valence-electron chi connectivity index (χ4n) is 1.46. The minimum absolute atomic E-state index is 0.151. The molecule has 1 fully saturated rings. The molecule has 0 atom stereocenters. The Labute approximate surface area is 72.4 Å². The molecule has 0 unspecified atom stereocenters. The largest absolute Gasteiger partial charge is 0.204 e. The first-order chi connectivity index (χ1) is 5.77. The van der Waals surface area contributed by atoms with Crippen LogP contribution in [0.25, 0.3) is 0 Å². The maximum atomic E-state index is 12.6. The second-order valence-electron chi connectivity index (χ2n) is 3.46. The van der Waals surface area contributed by atoms with Crippen LogP contribution in [0, 0.1) is 17.7 Å². The van der Waals surface area contributed by atoms with Crippen LogP contribution in [-0.4, -0.2) is 0 Å². The van der Waals surface area contributed by atoms with Crippen molar-refractivity contribution in [3.8, 4) is 0 Å². The smallest absolute Gasteiger partial charge is 0.149 e. The summed E-state index contributed by atoms with van der Waals surface area (Å²) in [5, 5.41) is 0. The molecule has 0 spiro atoms. The molecule has 0 radical (unpaired) electrons. The van der Waals surface area contributed by atoms with E-state index in [1.165, 1.54) is 36.5 Å². The molecule has 1 aliphatic rings. The number of rotatable bonds is 2. The van der Waals surface area contributed by atoms with Crippen LogP contribution in [0.2, 0.25) is 0 Å². The van der Waals surface area contributed by atoms with Crippen molar-refractivity contribution >= 4 is 0 Å². The molecule has 0 bridgehead atoms. The van der Waals surface area contributed by atoms with E-state index in [1.54, 1.807) is 0 Å². The number of halogens is 1. The number of hydrogen-bond donors (Lipinski definition) is 0. The van der Waals surface area contributed by atoms with E-state index in [9.17, 15) is 4.39 Å². The molecule has 1 aromatic carbocycles. The third-order valence-electron chi connectivity index (χ3n) is 2.49. The molecule has 0 nitrogen and oxygen atoms in total. The van der Waals surface area contributed by atoms with Crippen LogP contribution in [0.5, 0.6) is 0 Å². The quantitative estimate of drug-likeness (QED) is 0.587. The Balaban J connectivity index is 2.16. The Kier molecular flexibility index (Phi) is 1.80. The lowest BCUT2D eigenvalue weighted by Crippen LogP contribution is -1.96. The topological polar surface area (TPSA) is 0 Å². The summed E-state index contributed by atoms with van der Waals surface area (Å²) in [6.45, 7) is 2.14. The normalized spacial score (nSPS) is 16.2. The zero-order valence-electron chi connectivity index (χ0n) is 7.18. The summed E-state index contributed by atoms with van der Waals surface area (Å²) in [5.41, 5.74) is 1.19. The van der Waals surface area contributed by atoms with Crippen molar-refractivity contribution in [1.82, 2.24) is 0 Å². The summed E-state index contributed by atoms with van der Waals surface area (Å²) in [7, 11) is 0. The standard InChI is InChI=1S/C11H12F/c1-8(9-2-3-9)10-4-6-11(12)7-5-10/h4-7,9H,2-3H2,1H3/q+1. The van der Waals surface area contributed by atoms with Gasteiger partial charge in [0.05, 0.1) is 0 Å². The van der Waals surface area contributed by atoms with Gasteiger partial charge in [0.15, 0.2) is 0 Å². The lowest BCUT2D eigenvalue weighted by molar-refractivity contribution is 0.627. The fourth-order valence-corrected chi connectivity index (χ4v) is 1.46. The van der Waals surface area contributed by atoms with E-state index < -0.39 is 0 Å². The van der Waals surface area contributed by atoms with Gasteiger partial charge in [-0.05, 0) is 12.8 Å². The zero-order valence-corrected chi connectivity index (χ0v) is 7.18. The minimum atomic E-state index is -0.151. The van der Waals surface area contributed by atoms with E-state index in [0.29, 0.717) is 0 Å². The molecule has 12 heavy (non-hydrogen) atoms. The third-order valence-corrected chi connectivity index (χ3v) is 2.49. The van der Waals surface area contributed by atoms with Gasteiger partial charge in [0.1, 0.15) is 11.4 Å². The highest BCUT2D eigenvalue weighted by Crippen LogP contribution is 2.41. The molecule has 0 heterocycles. The molecule has 1 saturated carbocycles. The highest BCUT2D eigenvalue weighted by molar-refractivity contribution is 5.32. The molecular weight excluding hydrogens is 151 g/mol. The summed E-state index contributed by atoms with van der Waals surface area (Å²) in [4.78, 5) is 0. The van der Waals surface area contributed by atoms with Crippen LogP contribution >= 0.6 is 0 Å². The van der Waals surface area contributed by atoms with E-state index in [2.05, 4.69) is 6.92 Å². The maximum Gasteiger partial charge on any atom is 0.149 e. The second-order valence-corrected chi connectivity index (χ2v) is 3.46. The van der Waals surface area contributed by atoms with Crippen molar-refractivity contribution in [2.45, 2.75) is 19.8 Å². The summed E-state index contributed by atoms with van der Waals surface area (Å²) >= 11 is 0. The van der Waals surface area contributed by atoms with Gasteiger partial charge in [-0.3, -0.25) is 0 Å². The summed E-state index contributed by atoms with van der Waals surface area (Å²) in [6.07, 6.45) is 2.62. The SMILES string of the molecule is C[C+](c1ccc(F)cc1)C1CC1. The molecule has 1 aromatic rings. The Morgan fingerprint density at radius 1 is 1.25 bits per heavy atom. The fraction of sp³-hybridized carbons (Fsp3) is 0.364. The van der Waals surface area contributed by atoms with Gasteiger partial charge in [-0.2, -0.15) is 0 Å². The first-order valence-electron chi connectivity index (χ1n) is 4.37. The average molecular weight is 163 g/mol. The molecular formula is C11H12F+. The predicted octanol–water partition coefficient (Wildman–Crippen LogP) is 3.18. The molecule has 0 N–H and O–H groups in total. The van der Waals surface area contributed by atoms with Gasteiger partial charge in [-0.15, -0.1) is 0 Å². The molecule has 2 rings (SSSR count). The van der Waals surface area contributed by atoms with Crippen LogP contribution in [0.15, 0.2) is 24.3 Å². The van der Waals surface area contributed by atoms with Gasteiger partial charge in [0.25, 0.3) is 0 Å². The van der Waals surface area contributed by atoms with Crippen molar-refractivity contribution in [3.05, 3.63) is 41.6 Å². The number of hydrogen-bond acceptors (Lipinski definition) is 0. The summed E-state index contributed by atoms with van der Waals surface area (Å²) in [5.74, 6) is 2.04. The van der Waals surface area contributed by atoms with Gasteiger partial charge >= 0.3 is 0 Å². The Morgan fingerprint density at radius 3 is 2.33 bits per heavy atom. The van der Waals surface area contributed by atoms with Gasteiger partial charge in [-0.1, -0.05) is 0 Å². The Hall–Kier alpha value is -0.980. The van der Waals surface area contributed by atoms with Crippen molar-refractivity contribution in [3.63, 3.8) is 0 Å². The number of benzene rings is 1. The monoisotopic (exact) mass is 163 g/mol. The van der Waals surface area contributed by atoms with E-state index in [1.807, 2.05) is 12.1 Å². The van der Waals surface area contributed by atoms with Crippen molar-refractivity contribution in [2.24, 2.45) is 5.92 Å². The lowest BCUT2D eigenvalue weighted by Gasteiger charge is -2.00. The van der Waals surface area contributed by atoms with E-state index >= 15 is 0 Å². The van der Waals surface area contributed by atoms with E-state index in [4.69, 9.17) is 0 Å². The van der Waals surface area contributed by atoms with Crippen molar-refractivity contribution < 1.29 is 4.39 Å². The van der Waals surface area contributed by atoms with Crippen LogP contribution < -0.4 is 0 Å². The zero-order chi connectivity index (χ0) is 8.55. The molecule has 0 saturated heterocycles. The van der Waals surface area contributed by atoms with Gasteiger partial charge in [0.2, 0.25) is 0 Å². The summed E-state index contributed by atoms with van der Waals surface area (Å²) in [6, 6.07) is 6.79. The minimum Gasteiger partial charge on any atom is -0.204 e. The highest BCUT2D eigenvalue weighted by atomic mass is 19.1. The van der Waals surface area contributed by atoms with Crippen molar-refractivity contribution in [1.29, 1.82) is 0 Å². The second kappa shape index (κ2) is 2.81. The van der Waals surface area contributed by atoms with Crippen LogP contribution in [0.1, 0.15) is 25.3 Å². The third kappa shape index (κ3) is 1.45. The molecule has 0 amide bonds. The lowest BCUT2D eigenvalue weighted by atomic mass is 9.96. The summed E-state index contributed by atoms with van der Waals surface area (Å²) < 4.78 is 12.6. The molecule has 0 aromatic heterocycles. The van der Waals surface area contributed by atoms with Crippen LogP contribution in [0.3, 0.4) is 0 Å². The first kappa shape index (κ1) is 7.66.